The van der Waals surface area contributed by atoms with Gasteiger partial charge in [-0.15, -0.1) is 0 Å². The van der Waals surface area contributed by atoms with Crippen molar-refractivity contribution in [3.63, 3.8) is 0 Å². The van der Waals surface area contributed by atoms with Crippen LogP contribution in [0.4, 0.5) is 5.82 Å². The van der Waals surface area contributed by atoms with Gasteiger partial charge in [0.15, 0.2) is 0 Å². The van der Waals surface area contributed by atoms with E-state index < -0.39 is 0 Å². The van der Waals surface area contributed by atoms with E-state index in [-0.39, 0.29) is 0 Å². The van der Waals surface area contributed by atoms with Gasteiger partial charge in [-0.05, 0) is 25.7 Å². The second kappa shape index (κ2) is 3.23. The third-order valence-electron chi connectivity index (χ3n) is 3.06. The summed E-state index contributed by atoms with van der Waals surface area (Å²) in [7, 11) is 0. The van der Waals surface area contributed by atoms with Crippen molar-refractivity contribution in [1.29, 1.82) is 0 Å². The number of rotatable bonds is 2. The molecule has 1 aromatic rings. The minimum atomic E-state index is 0.557. The normalized spacial score (nSPS) is 25.1. The molecule has 2 atom stereocenters. The summed E-state index contributed by atoms with van der Waals surface area (Å²) < 4.78 is 0. The molecule has 0 saturated heterocycles. The zero-order chi connectivity index (χ0) is 10.3. The first kappa shape index (κ1) is 9.44. The SMILES string of the molecule is CCc1c(C)nc(C2CC2C)nc1N. The van der Waals surface area contributed by atoms with Crippen LogP contribution in [0.1, 0.15) is 43.3 Å². The highest BCUT2D eigenvalue weighted by atomic mass is 15.0. The first-order valence-electron chi connectivity index (χ1n) is 5.26. The summed E-state index contributed by atoms with van der Waals surface area (Å²) in [5.74, 6) is 2.92. The van der Waals surface area contributed by atoms with E-state index in [4.69, 9.17) is 5.73 Å². The van der Waals surface area contributed by atoms with Gasteiger partial charge in [0.05, 0.1) is 0 Å². The Morgan fingerprint density at radius 3 is 2.50 bits per heavy atom. The molecule has 2 N–H and O–H groups in total. The number of nitrogens with zero attached hydrogens (tertiary/aromatic N) is 2. The van der Waals surface area contributed by atoms with Gasteiger partial charge < -0.3 is 5.73 Å². The monoisotopic (exact) mass is 191 g/mol. The average Bonchev–Trinajstić information content (AvgIpc) is 2.82. The zero-order valence-electron chi connectivity index (χ0n) is 9.04. The summed E-state index contributed by atoms with van der Waals surface area (Å²) in [5, 5.41) is 0. The van der Waals surface area contributed by atoms with Gasteiger partial charge in [-0.2, -0.15) is 0 Å². The topological polar surface area (TPSA) is 51.8 Å². The van der Waals surface area contributed by atoms with E-state index in [0.29, 0.717) is 11.7 Å². The molecule has 0 radical (unpaired) electrons. The molecular formula is C11H17N3. The van der Waals surface area contributed by atoms with Crippen molar-refractivity contribution in [2.24, 2.45) is 5.92 Å². The quantitative estimate of drug-likeness (QED) is 0.778. The van der Waals surface area contributed by atoms with Crippen molar-refractivity contribution in [1.82, 2.24) is 9.97 Å². The van der Waals surface area contributed by atoms with Gasteiger partial charge in [-0.1, -0.05) is 13.8 Å². The van der Waals surface area contributed by atoms with E-state index >= 15 is 0 Å². The molecule has 1 saturated carbocycles. The molecule has 3 heteroatoms. The molecule has 2 unspecified atom stereocenters. The van der Waals surface area contributed by atoms with Crippen LogP contribution in [0.25, 0.3) is 0 Å². The number of aromatic nitrogens is 2. The van der Waals surface area contributed by atoms with Crippen molar-refractivity contribution >= 4 is 5.82 Å². The minimum Gasteiger partial charge on any atom is -0.383 e. The van der Waals surface area contributed by atoms with Crippen molar-refractivity contribution in [2.75, 3.05) is 5.73 Å². The van der Waals surface area contributed by atoms with Crippen molar-refractivity contribution in [3.8, 4) is 0 Å². The van der Waals surface area contributed by atoms with Gasteiger partial charge in [0.2, 0.25) is 0 Å². The molecule has 0 amide bonds. The maximum absolute atomic E-state index is 5.89. The maximum atomic E-state index is 5.89. The lowest BCUT2D eigenvalue weighted by atomic mass is 10.1. The van der Waals surface area contributed by atoms with E-state index in [0.717, 1.165) is 29.4 Å². The standard InChI is InChI=1S/C11H17N3/c1-4-8-7(3)13-11(14-10(8)12)9-5-6(9)2/h6,9H,4-5H2,1-3H3,(H2,12,13,14). The first-order chi connectivity index (χ1) is 6.63. The molecule has 1 fully saturated rings. The van der Waals surface area contributed by atoms with E-state index in [1.807, 2.05) is 6.92 Å². The fraction of sp³-hybridized carbons (Fsp3) is 0.636. The number of nitrogens with two attached hydrogens (primary N) is 1. The van der Waals surface area contributed by atoms with Crippen LogP contribution in [0.2, 0.25) is 0 Å². The largest absolute Gasteiger partial charge is 0.383 e. The van der Waals surface area contributed by atoms with Crippen LogP contribution >= 0.6 is 0 Å². The third-order valence-corrected chi connectivity index (χ3v) is 3.06. The average molecular weight is 191 g/mol. The smallest absolute Gasteiger partial charge is 0.134 e. The number of nitrogen functional groups attached to an aromatic ring is 1. The fourth-order valence-electron chi connectivity index (χ4n) is 1.93. The summed E-state index contributed by atoms with van der Waals surface area (Å²) in [4.78, 5) is 8.91. The van der Waals surface area contributed by atoms with E-state index in [1.165, 1.54) is 6.42 Å². The Bertz CT molecular complexity index is 337. The molecule has 3 nitrogen and oxygen atoms in total. The van der Waals surface area contributed by atoms with Gasteiger partial charge in [-0.25, -0.2) is 9.97 Å². The summed E-state index contributed by atoms with van der Waals surface area (Å²) in [6.45, 7) is 6.34. The molecule has 0 spiro atoms. The molecule has 1 aliphatic rings. The first-order valence-corrected chi connectivity index (χ1v) is 5.26. The Morgan fingerprint density at radius 2 is 2.07 bits per heavy atom. The van der Waals surface area contributed by atoms with Crippen molar-refractivity contribution in [2.45, 2.75) is 39.5 Å². The molecule has 0 aliphatic heterocycles. The Morgan fingerprint density at radius 1 is 1.43 bits per heavy atom. The second-order valence-electron chi connectivity index (χ2n) is 4.20. The Kier molecular flexibility index (Phi) is 2.17. The van der Waals surface area contributed by atoms with Gasteiger partial charge >= 0.3 is 0 Å². The molecule has 76 valence electrons. The summed E-state index contributed by atoms with van der Waals surface area (Å²) in [6.07, 6.45) is 2.13. The number of aryl methyl sites for hydroxylation is 1. The Hall–Kier alpha value is -1.12. The highest BCUT2D eigenvalue weighted by molar-refractivity contribution is 5.42. The third kappa shape index (κ3) is 1.47. The van der Waals surface area contributed by atoms with Crippen LogP contribution in [0, 0.1) is 12.8 Å². The van der Waals surface area contributed by atoms with Crippen LogP contribution in [-0.4, -0.2) is 9.97 Å². The van der Waals surface area contributed by atoms with Gasteiger partial charge in [0, 0.05) is 17.2 Å². The van der Waals surface area contributed by atoms with Crippen molar-refractivity contribution < 1.29 is 0 Å². The highest BCUT2D eigenvalue weighted by Crippen LogP contribution is 2.45. The van der Waals surface area contributed by atoms with Gasteiger partial charge in [0.25, 0.3) is 0 Å². The van der Waals surface area contributed by atoms with E-state index in [1.54, 1.807) is 0 Å². The highest BCUT2D eigenvalue weighted by Gasteiger charge is 2.37. The van der Waals surface area contributed by atoms with Crippen LogP contribution in [0.15, 0.2) is 0 Å². The number of hydrogen-bond acceptors (Lipinski definition) is 3. The van der Waals surface area contributed by atoms with Crippen LogP contribution in [0.5, 0.6) is 0 Å². The summed E-state index contributed by atoms with van der Waals surface area (Å²) >= 11 is 0. The van der Waals surface area contributed by atoms with Crippen LogP contribution < -0.4 is 5.73 Å². The van der Waals surface area contributed by atoms with Crippen LogP contribution in [0.3, 0.4) is 0 Å². The number of hydrogen-bond donors (Lipinski definition) is 1. The molecule has 0 bridgehead atoms. The van der Waals surface area contributed by atoms with Crippen LogP contribution in [-0.2, 0) is 6.42 Å². The predicted molar refractivity (Wildman–Crippen MR) is 57.1 cm³/mol. The van der Waals surface area contributed by atoms with Crippen molar-refractivity contribution in [3.05, 3.63) is 17.1 Å². The summed E-state index contributed by atoms with van der Waals surface area (Å²) in [6, 6.07) is 0. The summed E-state index contributed by atoms with van der Waals surface area (Å²) in [5.41, 5.74) is 8.04. The van der Waals surface area contributed by atoms with E-state index in [2.05, 4.69) is 23.8 Å². The fourth-order valence-corrected chi connectivity index (χ4v) is 1.93. The minimum absolute atomic E-state index is 0.557. The molecule has 0 aromatic carbocycles. The van der Waals surface area contributed by atoms with Gasteiger partial charge in [0.1, 0.15) is 11.6 Å². The van der Waals surface area contributed by atoms with Gasteiger partial charge in [-0.3, -0.25) is 0 Å². The number of anilines is 1. The molecule has 14 heavy (non-hydrogen) atoms. The lowest BCUT2D eigenvalue weighted by Crippen LogP contribution is -2.06. The molecule has 1 aromatic heterocycles. The Balaban J connectivity index is 2.37. The lowest BCUT2D eigenvalue weighted by molar-refractivity contribution is 0.825. The lowest BCUT2D eigenvalue weighted by Gasteiger charge is -2.07. The second-order valence-corrected chi connectivity index (χ2v) is 4.20. The maximum Gasteiger partial charge on any atom is 0.134 e. The van der Waals surface area contributed by atoms with E-state index in [9.17, 15) is 0 Å². The Labute approximate surface area is 84.8 Å². The predicted octanol–water partition coefficient (Wildman–Crippen LogP) is 2.05. The molecule has 1 aliphatic carbocycles. The molecular weight excluding hydrogens is 174 g/mol. The molecule has 1 heterocycles. The zero-order valence-corrected chi connectivity index (χ0v) is 9.04. The molecule has 2 rings (SSSR count).